The molecule has 15 heavy (non-hydrogen) atoms. The Bertz CT molecular complexity index is 483. The van der Waals surface area contributed by atoms with Gasteiger partial charge in [0, 0.05) is 17.2 Å². The number of hydrogen-bond donors (Lipinski definition) is 2. The van der Waals surface area contributed by atoms with Crippen LogP contribution < -0.4 is 11.1 Å². The molecule has 0 saturated heterocycles. The maximum atomic E-state index is 5.99. The average Bonchev–Trinajstić information content (AvgIpc) is 2.58. The van der Waals surface area contributed by atoms with Crippen LogP contribution in [0.1, 0.15) is 5.82 Å². The predicted octanol–water partition coefficient (Wildman–Crippen LogP) is 2.83. The molecule has 0 unspecified atom stereocenters. The number of nitrogens with two attached hydrogens (primary N) is 1. The van der Waals surface area contributed by atoms with Crippen LogP contribution in [0.3, 0.4) is 0 Å². The molecule has 4 nitrogen and oxygen atoms in total. The van der Waals surface area contributed by atoms with Crippen LogP contribution in [0.15, 0.2) is 18.2 Å². The van der Waals surface area contributed by atoms with Gasteiger partial charge < -0.3 is 11.1 Å². The minimum Gasteiger partial charge on any atom is -0.399 e. The van der Waals surface area contributed by atoms with Crippen molar-refractivity contribution in [1.29, 1.82) is 0 Å². The number of aromatic nitrogens is 2. The highest BCUT2D eigenvalue weighted by Crippen LogP contribution is 2.27. The normalized spacial score (nSPS) is 10.3. The highest BCUT2D eigenvalue weighted by molar-refractivity contribution is 7.09. The zero-order valence-electron chi connectivity index (χ0n) is 7.99. The minimum absolute atomic E-state index is 0.608. The van der Waals surface area contributed by atoms with E-state index in [2.05, 4.69) is 14.7 Å². The van der Waals surface area contributed by atoms with Gasteiger partial charge in [-0.1, -0.05) is 11.6 Å². The van der Waals surface area contributed by atoms with Gasteiger partial charge in [0.2, 0.25) is 5.13 Å². The Morgan fingerprint density at radius 2 is 2.27 bits per heavy atom. The van der Waals surface area contributed by atoms with E-state index in [0.717, 1.165) is 11.5 Å². The first-order valence-corrected chi connectivity index (χ1v) is 5.42. The van der Waals surface area contributed by atoms with Gasteiger partial charge in [0.1, 0.15) is 5.82 Å². The fourth-order valence-corrected chi connectivity index (χ4v) is 1.85. The number of anilines is 3. The SMILES string of the molecule is Cc1nsc(Nc2cc(N)ccc2Cl)n1. The smallest absolute Gasteiger partial charge is 0.207 e. The van der Waals surface area contributed by atoms with E-state index in [4.69, 9.17) is 17.3 Å². The van der Waals surface area contributed by atoms with Crippen molar-refractivity contribution in [1.82, 2.24) is 9.36 Å². The van der Waals surface area contributed by atoms with Crippen molar-refractivity contribution in [3.63, 3.8) is 0 Å². The molecule has 0 spiro atoms. The van der Waals surface area contributed by atoms with E-state index in [1.807, 2.05) is 6.92 Å². The molecule has 0 amide bonds. The Morgan fingerprint density at radius 3 is 2.93 bits per heavy atom. The molecule has 6 heteroatoms. The van der Waals surface area contributed by atoms with Crippen LogP contribution in [0.5, 0.6) is 0 Å². The van der Waals surface area contributed by atoms with E-state index in [1.54, 1.807) is 18.2 Å². The second-order valence-electron chi connectivity index (χ2n) is 3.01. The zero-order chi connectivity index (χ0) is 10.8. The molecule has 0 aliphatic heterocycles. The van der Waals surface area contributed by atoms with Crippen molar-refractivity contribution in [3.8, 4) is 0 Å². The number of nitrogens with one attached hydrogen (secondary N) is 1. The third kappa shape index (κ3) is 2.37. The van der Waals surface area contributed by atoms with Crippen LogP contribution in [0.4, 0.5) is 16.5 Å². The summed E-state index contributed by atoms with van der Waals surface area (Å²) in [6.45, 7) is 1.84. The van der Waals surface area contributed by atoms with Gasteiger partial charge in [-0.05, 0) is 25.1 Å². The second-order valence-corrected chi connectivity index (χ2v) is 4.17. The maximum absolute atomic E-state index is 5.99. The number of rotatable bonds is 2. The van der Waals surface area contributed by atoms with Crippen molar-refractivity contribution in [2.45, 2.75) is 6.92 Å². The molecule has 0 saturated carbocycles. The quantitative estimate of drug-likeness (QED) is 0.793. The third-order valence-corrected chi connectivity index (χ3v) is 2.81. The molecule has 0 aliphatic carbocycles. The lowest BCUT2D eigenvalue weighted by Gasteiger charge is -2.05. The van der Waals surface area contributed by atoms with Crippen molar-refractivity contribution in [2.24, 2.45) is 0 Å². The van der Waals surface area contributed by atoms with Crippen LogP contribution in [0.2, 0.25) is 5.02 Å². The van der Waals surface area contributed by atoms with Crippen molar-refractivity contribution in [2.75, 3.05) is 11.1 Å². The van der Waals surface area contributed by atoms with Gasteiger partial charge in [-0.3, -0.25) is 0 Å². The Hall–Kier alpha value is -1.33. The van der Waals surface area contributed by atoms with E-state index in [-0.39, 0.29) is 0 Å². The molecular weight excluding hydrogens is 232 g/mol. The van der Waals surface area contributed by atoms with Crippen LogP contribution in [-0.2, 0) is 0 Å². The number of halogens is 1. The number of aryl methyl sites for hydroxylation is 1. The van der Waals surface area contributed by atoms with E-state index in [1.165, 1.54) is 11.5 Å². The molecule has 0 atom stereocenters. The summed E-state index contributed by atoms with van der Waals surface area (Å²) in [7, 11) is 0. The molecule has 0 fully saturated rings. The van der Waals surface area contributed by atoms with Crippen LogP contribution in [-0.4, -0.2) is 9.36 Å². The Labute approximate surface area is 96.3 Å². The molecule has 1 aromatic carbocycles. The third-order valence-electron chi connectivity index (χ3n) is 1.76. The van der Waals surface area contributed by atoms with Gasteiger partial charge in [-0.15, -0.1) is 0 Å². The van der Waals surface area contributed by atoms with Gasteiger partial charge in [0.25, 0.3) is 0 Å². The average molecular weight is 241 g/mol. The first-order valence-electron chi connectivity index (χ1n) is 4.27. The van der Waals surface area contributed by atoms with Crippen molar-refractivity contribution >= 4 is 39.6 Å². The number of nitrogen functional groups attached to an aromatic ring is 1. The molecule has 1 aromatic heterocycles. The lowest BCUT2D eigenvalue weighted by Crippen LogP contribution is -1.93. The lowest BCUT2D eigenvalue weighted by molar-refractivity contribution is 1.17. The lowest BCUT2D eigenvalue weighted by atomic mass is 10.3. The van der Waals surface area contributed by atoms with E-state index in [0.29, 0.717) is 15.8 Å². The summed E-state index contributed by atoms with van der Waals surface area (Å²) in [4.78, 5) is 4.17. The van der Waals surface area contributed by atoms with E-state index >= 15 is 0 Å². The van der Waals surface area contributed by atoms with Gasteiger partial charge in [0.15, 0.2) is 0 Å². The number of hydrogen-bond acceptors (Lipinski definition) is 5. The molecule has 3 N–H and O–H groups in total. The molecule has 0 radical (unpaired) electrons. The molecule has 2 aromatic rings. The number of benzene rings is 1. The fourth-order valence-electron chi connectivity index (χ4n) is 1.10. The Kier molecular flexibility index (Phi) is 2.75. The molecular formula is C9H9ClN4S. The summed E-state index contributed by atoms with van der Waals surface area (Å²) in [5, 5.41) is 4.38. The van der Waals surface area contributed by atoms with Gasteiger partial charge in [-0.25, -0.2) is 4.98 Å². The molecule has 78 valence electrons. The second kappa shape index (κ2) is 4.04. The Balaban J connectivity index is 2.27. The first kappa shape index (κ1) is 10.2. The van der Waals surface area contributed by atoms with E-state index in [9.17, 15) is 0 Å². The van der Waals surface area contributed by atoms with Crippen molar-refractivity contribution in [3.05, 3.63) is 29.0 Å². The molecule has 2 rings (SSSR count). The Morgan fingerprint density at radius 1 is 1.47 bits per heavy atom. The summed E-state index contributed by atoms with van der Waals surface area (Å²) in [5.74, 6) is 0.738. The maximum Gasteiger partial charge on any atom is 0.207 e. The monoisotopic (exact) mass is 240 g/mol. The van der Waals surface area contributed by atoms with Crippen LogP contribution in [0, 0.1) is 6.92 Å². The first-order chi connectivity index (χ1) is 7.15. The minimum atomic E-state index is 0.608. The van der Waals surface area contributed by atoms with Gasteiger partial charge in [-0.2, -0.15) is 4.37 Å². The van der Waals surface area contributed by atoms with Crippen molar-refractivity contribution < 1.29 is 0 Å². The van der Waals surface area contributed by atoms with Gasteiger partial charge >= 0.3 is 0 Å². The summed E-state index contributed by atoms with van der Waals surface area (Å²) < 4.78 is 4.06. The van der Waals surface area contributed by atoms with Gasteiger partial charge in [0.05, 0.1) is 10.7 Å². The highest BCUT2D eigenvalue weighted by atomic mass is 35.5. The predicted molar refractivity (Wildman–Crippen MR) is 63.8 cm³/mol. The highest BCUT2D eigenvalue weighted by Gasteiger charge is 2.04. The summed E-state index contributed by atoms with van der Waals surface area (Å²) in [6, 6.07) is 5.26. The summed E-state index contributed by atoms with van der Waals surface area (Å²) in [5.41, 5.74) is 7.05. The standard InChI is InChI=1S/C9H9ClN4S/c1-5-12-9(15-14-5)13-8-4-6(11)2-3-7(8)10/h2-4H,11H2,1H3,(H,12,13,14). The fraction of sp³-hybridized carbons (Fsp3) is 0.111. The summed E-state index contributed by atoms with van der Waals surface area (Å²) in [6.07, 6.45) is 0. The van der Waals surface area contributed by atoms with E-state index < -0.39 is 0 Å². The molecule has 1 heterocycles. The molecule has 0 aliphatic rings. The van der Waals surface area contributed by atoms with Crippen LogP contribution in [0.25, 0.3) is 0 Å². The summed E-state index contributed by atoms with van der Waals surface area (Å²) >= 11 is 7.28. The largest absolute Gasteiger partial charge is 0.399 e. The number of nitrogens with zero attached hydrogens (tertiary/aromatic N) is 2. The topological polar surface area (TPSA) is 63.8 Å². The van der Waals surface area contributed by atoms with Crippen LogP contribution >= 0.6 is 23.1 Å². The zero-order valence-corrected chi connectivity index (χ0v) is 9.56. The molecule has 0 bridgehead atoms.